The molecule has 0 spiro atoms. The van der Waals surface area contributed by atoms with Gasteiger partial charge in [0.1, 0.15) is 6.61 Å². The number of nitrogens with zero attached hydrogens (tertiary/aromatic N) is 1. The van der Waals surface area contributed by atoms with E-state index < -0.39 is 0 Å². The molecule has 0 aromatic rings. The van der Waals surface area contributed by atoms with E-state index in [1.54, 1.807) is 0 Å². The first-order valence-corrected chi connectivity index (χ1v) is 8.33. The molecular formula is C13H15Cl2NO3S. The molecule has 0 bridgehead atoms. The van der Waals surface area contributed by atoms with Crippen LogP contribution in [0.25, 0.3) is 0 Å². The van der Waals surface area contributed by atoms with Gasteiger partial charge in [-0.3, -0.25) is 14.5 Å². The van der Waals surface area contributed by atoms with Crippen LogP contribution in [0.4, 0.5) is 0 Å². The maximum absolute atomic E-state index is 12.0. The number of terminal acetylenes is 1. The van der Waals surface area contributed by atoms with E-state index in [2.05, 4.69) is 5.92 Å². The number of hydrogen-bond donors (Lipinski definition) is 0. The monoisotopic (exact) mass is 335 g/mol. The van der Waals surface area contributed by atoms with Crippen molar-refractivity contribution in [3.05, 3.63) is 0 Å². The molecular weight excluding hydrogens is 321 g/mol. The smallest absolute Gasteiger partial charge is 0.239 e. The largest absolute Gasteiger partial charge is 0.364 e. The second-order valence-corrected chi connectivity index (χ2v) is 6.88. The second kappa shape index (κ2) is 7.04. The zero-order valence-electron chi connectivity index (χ0n) is 10.8. The Morgan fingerprint density at radius 3 is 2.50 bits per heavy atom. The van der Waals surface area contributed by atoms with Gasteiger partial charge in [-0.15, -0.1) is 41.4 Å². The predicted octanol–water partition coefficient (Wildman–Crippen LogP) is 1.48. The van der Waals surface area contributed by atoms with Crippen molar-refractivity contribution in [2.24, 2.45) is 0 Å². The number of thioether (sulfide) groups is 1. The van der Waals surface area contributed by atoms with E-state index in [1.807, 2.05) is 0 Å². The van der Waals surface area contributed by atoms with Gasteiger partial charge in [-0.2, -0.15) is 0 Å². The summed E-state index contributed by atoms with van der Waals surface area (Å²) in [6.07, 6.45) is 5.80. The Morgan fingerprint density at radius 1 is 1.25 bits per heavy atom. The lowest BCUT2D eigenvalue weighted by Gasteiger charge is -2.42. The summed E-state index contributed by atoms with van der Waals surface area (Å²) in [6.45, 7) is 0.158. The summed E-state index contributed by atoms with van der Waals surface area (Å²) >= 11 is 13.9. The first-order valence-electron chi connectivity index (χ1n) is 6.30. The zero-order chi connectivity index (χ0) is 14.7. The Morgan fingerprint density at radius 2 is 1.90 bits per heavy atom. The van der Waals surface area contributed by atoms with Gasteiger partial charge in [0, 0.05) is 0 Å². The zero-order valence-corrected chi connectivity index (χ0v) is 13.1. The number of rotatable bonds is 3. The number of alkyl halides is 2. The number of imide groups is 1. The quantitative estimate of drug-likeness (QED) is 0.445. The van der Waals surface area contributed by atoms with E-state index in [0.29, 0.717) is 24.3 Å². The van der Waals surface area contributed by atoms with E-state index in [0.717, 1.165) is 0 Å². The van der Waals surface area contributed by atoms with Crippen LogP contribution in [0.1, 0.15) is 12.8 Å². The molecule has 2 aliphatic rings. The minimum Gasteiger partial charge on any atom is -0.364 e. The summed E-state index contributed by atoms with van der Waals surface area (Å²) < 4.78 is 5.50. The third kappa shape index (κ3) is 3.43. The minimum absolute atomic E-state index is 0.158. The molecule has 2 rings (SSSR count). The molecule has 2 fully saturated rings. The third-order valence-corrected chi connectivity index (χ3v) is 5.28. The molecule has 1 heterocycles. The third-order valence-electron chi connectivity index (χ3n) is 3.45. The van der Waals surface area contributed by atoms with E-state index in [4.69, 9.17) is 34.4 Å². The van der Waals surface area contributed by atoms with E-state index in [9.17, 15) is 9.59 Å². The molecule has 0 aromatic carbocycles. The SMILES string of the molecule is C#CCOC1CC(N2C(=O)CSCC2=O)C(Cl)CC1Cl. The van der Waals surface area contributed by atoms with Crippen molar-refractivity contribution in [1.82, 2.24) is 4.90 Å². The van der Waals surface area contributed by atoms with E-state index >= 15 is 0 Å². The fourth-order valence-electron chi connectivity index (χ4n) is 2.53. The molecule has 0 radical (unpaired) electrons. The highest BCUT2D eigenvalue weighted by Gasteiger charge is 2.43. The highest BCUT2D eigenvalue weighted by atomic mass is 35.5. The molecule has 1 aliphatic carbocycles. The standard InChI is InChI=1S/C13H15Cl2NO3S/c1-2-3-19-11-5-10(8(14)4-9(11)15)16-12(17)6-20-7-13(16)18/h1,8-11H,3-7H2. The summed E-state index contributed by atoms with van der Waals surface area (Å²) in [5.41, 5.74) is 0. The van der Waals surface area contributed by atoms with Crippen LogP contribution in [-0.2, 0) is 14.3 Å². The predicted molar refractivity (Wildman–Crippen MR) is 80.1 cm³/mol. The van der Waals surface area contributed by atoms with Crippen LogP contribution >= 0.6 is 35.0 Å². The Balaban J connectivity index is 2.11. The summed E-state index contributed by atoms with van der Waals surface area (Å²) in [5, 5.41) is -0.606. The van der Waals surface area contributed by atoms with Gasteiger partial charge in [0.2, 0.25) is 11.8 Å². The average Bonchev–Trinajstić information content (AvgIpc) is 2.39. The molecule has 4 atom stereocenters. The summed E-state index contributed by atoms with van der Waals surface area (Å²) in [4.78, 5) is 25.2. The second-order valence-electron chi connectivity index (χ2n) is 4.77. The number of hydrogen-bond acceptors (Lipinski definition) is 4. The highest BCUT2D eigenvalue weighted by Crippen LogP contribution is 2.34. The van der Waals surface area contributed by atoms with Crippen molar-refractivity contribution in [2.75, 3.05) is 18.1 Å². The minimum atomic E-state index is -0.365. The van der Waals surface area contributed by atoms with Crippen LogP contribution in [0.5, 0.6) is 0 Å². The fraction of sp³-hybridized carbons (Fsp3) is 0.692. The van der Waals surface area contributed by atoms with Crippen LogP contribution in [-0.4, -0.2) is 57.7 Å². The van der Waals surface area contributed by atoms with Crippen molar-refractivity contribution in [3.8, 4) is 12.3 Å². The molecule has 1 saturated heterocycles. The highest BCUT2D eigenvalue weighted by molar-refractivity contribution is 8.00. The number of halogens is 2. The lowest BCUT2D eigenvalue weighted by molar-refractivity contribution is -0.146. The van der Waals surface area contributed by atoms with Crippen molar-refractivity contribution in [2.45, 2.75) is 35.7 Å². The Bertz CT molecular complexity index is 424. The topological polar surface area (TPSA) is 46.6 Å². The molecule has 4 unspecified atom stereocenters. The van der Waals surface area contributed by atoms with Crippen LogP contribution in [0, 0.1) is 12.3 Å². The molecule has 7 heteroatoms. The molecule has 0 aromatic heterocycles. The number of ether oxygens (including phenoxy) is 1. The average molecular weight is 336 g/mol. The van der Waals surface area contributed by atoms with Crippen molar-refractivity contribution < 1.29 is 14.3 Å². The lowest BCUT2D eigenvalue weighted by atomic mass is 9.90. The van der Waals surface area contributed by atoms with Crippen molar-refractivity contribution in [1.29, 1.82) is 0 Å². The lowest BCUT2D eigenvalue weighted by Crippen LogP contribution is -2.57. The van der Waals surface area contributed by atoms with Gasteiger partial charge in [0.15, 0.2) is 0 Å². The van der Waals surface area contributed by atoms with Gasteiger partial charge in [0.05, 0.1) is 34.4 Å². The first-order chi connectivity index (χ1) is 9.54. The van der Waals surface area contributed by atoms with Crippen LogP contribution in [0.3, 0.4) is 0 Å². The van der Waals surface area contributed by atoms with Gasteiger partial charge < -0.3 is 4.74 Å². The van der Waals surface area contributed by atoms with E-state index in [-0.39, 0.29) is 41.3 Å². The number of amides is 2. The number of carbonyl (C=O) groups excluding carboxylic acids is 2. The molecule has 20 heavy (non-hydrogen) atoms. The van der Waals surface area contributed by atoms with Crippen LogP contribution < -0.4 is 0 Å². The van der Waals surface area contributed by atoms with Gasteiger partial charge >= 0.3 is 0 Å². The van der Waals surface area contributed by atoms with Crippen molar-refractivity contribution in [3.63, 3.8) is 0 Å². The Kier molecular flexibility index (Phi) is 5.62. The van der Waals surface area contributed by atoms with Crippen molar-refractivity contribution >= 4 is 46.8 Å². The maximum Gasteiger partial charge on any atom is 0.239 e. The van der Waals surface area contributed by atoms with E-state index in [1.165, 1.54) is 16.7 Å². The summed E-state index contributed by atoms with van der Waals surface area (Å²) in [6, 6.07) is -0.365. The van der Waals surface area contributed by atoms with Crippen LogP contribution in [0.15, 0.2) is 0 Å². The Hall–Kier alpha value is -0.410. The molecule has 110 valence electrons. The molecule has 1 aliphatic heterocycles. The molecule has 1 saturated carbocycles. The number of carbonyl (C=O) groups is 2. The molecule has 0 N–H and O–H groups in total. The maximum atomic E-state index is 12.0. The summed E-state index contributed by atoms with van der Waals surface area (Å²) in [5.74, 6) is 2.64. The van der Waals surface area contributed by atoms with Gasteiger partial charge in [-0.05, 0) is 12.8 Å². The normalized spacial score (nSPS) is 35.0. The summed E-state index contributed by atoms with van der Waals surface area (Å²) in [7, 11) is 0. The van der Waals surface area contributed by atoms with Gasteiger partial charge in [-0.25, -0.2) is 0 Å². The molecule has 2 amide bonds. The van der Waals surface area contributed by atoms with Gasteiger partial charge in [-0.1, -0.05) is 5.92 Å². The van der Waals surface area contributed by atoms with Crippen LogP contribution in [0.2, 0.25) is 0 Å². The fourth-order valence-corrected chi connectivity index (χ4v) is 4.12. The molecule has 4 nitrogen and oxygen atoms in total. The Labute approximate surface area is 132 Å². The van der Waals surface area contributed by atoms with Gasteiger partial charge in [0.25, 0.3) is 0 Å². The first kappa shape index (κ1) is 16.0.